The smallest absolute Gasteiger partial charge is 0.322 e. The maximum Gasteiger partial charge on any atom is 0.322 e. The van der Waals surface area contributed by atoms with E-state index in [0.29, 0.717) is 27.8 Å². The van der Waals surface area contributed by atoms with Gasteiger partial charge in [-0.1, -0.05) is 35.9 Å². The molecular weight excluding hydrogens is 386 g/mol. The molecule has 1 aliphatic rings. The zero-order chi connectivity index (χ0) is 19.4. The van der Waals surface area contributed by atoms with Crippen molar-refractivity contribution >= 4 is 46.9 Å². The van der Waals surface area contributed by atoms with Crippen LogP contribution < -0.4 is 16.0 Å². The van der Waals surface area contributed by atoms with Gasteiger partial charge in [0.05, 0.1) is 5.75 Å². The number of halogens is 1. The van der Waals surface area contributed by atoms with Crippen molar-refractivity contribution in [1.29, 1.82) is 0 Å². The fourth-order valence-electron chi connectivity index (χ4n) is 2.69. The summed E-state index contributed by atoms with van der Waals surface area (Å²) in [5.74, 6) is 0.432. The number of anilines is 1. The summed E-state index contributed by atoms with van der Waals surface area (Å²) in [5, 5.41) is 8.33. The molecular formula is C19H18ClN3O3S. The largest absolute Gasteiger partial charge is 0.325 e. The lowest BCUT2D eigenvalue weighted by Gasteiger charge is -2.21. The van der Waals surface area contributed by atoms with Crippen molar-refractivity contribution in [3.63, 3.8) is 0 Å². The molecule has 27 heavy (non-hydrogen) atoms. The lowest BCUT2D eigenvalue weighted by Crippen LogP contribution is -2.40. The number of rotatable bonds is 6. The Hall–Kier alpha value is -2.51. The van der Waals surface area contributed by atoms with Crippen molar-refractivity contribution in [3.05, 3.63) is 64.7 Å². The van der Waals surface area contributed by atoms with E-state index >= 15 is 0 Å². The highest BCUT2D eigenvalue weighted by Crippen LogP contribution is 2.26. The van der Waals surface area contributed by atoms with Crippen molar-refractivity contribution < 1.29 is 14.4 Å². The van der Waals surface area contributed by atoms with E-state index in [1.807, 2.05) is 24.3 Å². The molecule has 140 valence electrons. The minimum Gasteiger partial charge on any atom is -0.325 e. The van der Waals surface area contributed by atoms with Gasteiger partial charge in [0.1, 0.15) is 5.54 Å². The number of benzene rings is 2. The molecule has 6 nitrogen and oxygen atoms in total. The number of carbonyl (C=O) groups excluding carboxylic acids is 3. The summed E-state index contributed by atoms with van der Waals surface area (Å²) in [7, 11) is 0. The van der Waals surface area contributed by atoms with Gasteiger partial charge < -0.3 is 10.6 Å². The van der Waals surface area contributed by atoms with Gasteiger partial charge in [0.2, 0.25) is 5.91 Å². The molecule has 0 saturated carbocycles. The zero-order valence-electron chi connectivity index (χ0n) is 14.5. The summed E-state index contributed by atoms with van der Waals surface area (Å²) in [4.78, 5) is 35.7. The maximum absolute atomic E-state index is 12.2. The van der Waals surface area contributed by atoms with E-state index in [-0.39, 0.29) is 5.91 Å². The molecule has 8 heteroatoms. The Bertz CT molecular complexity index is 888. The first-order chi connectivity index (χ1) is 12.9. The molecule has 1 fully saturated rings. The Balaban J connectivity index is 1.57. The molecule has 0 aromatic heterocycles. The van der Waals surface area contributed by atoms with E-state index in [1.54, 1.807) is 31.2 Å². The lowest BCUT2D eigenvalue weighted by atomic mass is 9.92. The Morgan fingerprint density at radius 2 is 1.93 bits per heavy atom. The SMILES string of the molecule is CC1(c2cccc(NC(=O)CSCc3ccc(Cl)cc3)c2)NC(=O)NC1=O. The van der Waals surface area contributed by atoms with E-state index in [0.717, 1.165) is 5.56 Å². The number of imide groups is 1. The molecule has 0 bridgehead atoms. The number of thioether (sulfide) groups is 1. The molecule has 2 aromatic rings. The molecule has 0 radical (unpaired) electrons. The highest BCUT2D eigenvalue weighted by Gasteiger charge is 2.43. The maximum atomic E-state index is 12.2. The lowest BCUT2D eigenvalue weighted by molar-refractivity contribution is -0.123. The first-order valence-electron chi connectivity index (χ1n) is 8.23. The number of hydrogen-bond donors (Lipinski definition) is 3. The highest BCUT2D eigenvalue weighted by atomic mass is 35.5. The summed E-state index contributed by atoms with van der Waals surface area (Å²) in [6.45, 7) is 1.62. The van der Waals surface area contributed by atoms with Crippen LogP contribution >= 0.6 is 23.4 Å². The Kier molecular flexibility index (Phi) is 5.72. The predicted molar refractivity (Wildman–Crippen MR) is 107 cm³/mol. The van der Waals surface area contributed by atoms with Crippen molar-refractivity contribution in [2.24, 2.45) is 0 Å². The van der Waals surface area contributed by atoms with Crippen LogP contribution in [0, 0.1) is 0 Å². The fourth-order valence-corrected chi connectivity index (χ4v) is 3.61. The van der Waals surface area contributed by atoms with Gasteiger partial charge in [-0.15, -0.1) is 11.8 Å². The molecule has 0 spiro atoms. The van der Waals surface area contributed by atoms with Gasteiger partial charge in [0.15, 0.2) is 0 Å². The van der Waals surface area contributed by atoms with E-state index in [1.165, 1.54) is 11.8 Å². The molecule has 3 rings (SSSR count). The Morgan fingerprint density at radius 1 is 1.19 bits per heavy atom. The van der Waals surface area contributed by atoms with Crippen LogP contribution in [0.15, 0.2) is 48.5 Å². The summed E-state index contributed by atoms with van der Waals surface area (Å²) < 4.78 is 0. The second-order valence-electron chi connectivity index (χ2n) is 6.28. The van der Waals surface area contributed by atoms with Crippen molar-refractivity contribution in [2.45, 2.75) is 18.2 Å². The Morgan fingerprint density at radius 3 is 2.59 bits per heavy atom. The summed E-state index contributed by atoms with van der Waals surface area (Å²) in [6.07, 6.45) is 0. The van der Waals surface area contributed by atoms with Crippen LogP contribution in [0.1, 0.15) is 18.1 Å². The van der Waals surface area contributed by atoms with Crippen molar-refractivity contribution in [1.82, 2.24) is 10.6 Å². The molecule has 1 atom stereocenters. The topological polar surface area (TPSA) is 87.3 Å². The van der Waals surface area contributed by atoms with Crippen LogP contribution in [0.4, 0.5) is 10.5 Å². The second kappa shape index (κ2) is 8.02. The van der Waals surface area contributed by atoms with Gasteiger partial charge in [-0.05, 0) is 42.3 Å². The van der Waals surface area contributed by atoms with Gasteiger partial charge >= 0.3 is 6.03 Å². The van der Waals surface area contributed by atoms with Gasteiger partial charge in [-0.2, -0.15) is 0 Å². The quantitative estimate of drug-likeness (QED) is 0.646. The highest BCUT2D eigenvalue weighted by molar-refractivity contribution is 7.99. The van der Waals surface area contributed by atoms with Crippen LogP contribution in [-0.2, 0) is 20.9 Å². The van der Waals surface area contributed by atoms with E-state index < -0.39 is 17.5 Å². The van der Waals surface area contributed by atoms with Crippen LogP contribution in [-0.4, -0.2) is 23.6 Å². The van der Waals surface area contributed by atoms with Crippen LogP contribution in [0.5, 0.6) is 0 Å². The molecule has 1 unspecified atom stereocenters. The molecule has 4 amide bonds. The van der Waals surface area contributed by atoms with E-state index in [4.69, 9.17) is 11.6 Å². The summed E-state index contributed by atoms with van der Waals surface area (Å²) >= 11 is 7.35. The fraction of sp³-hybridized carbons (Fsp3) is 0.211. The third-order valence-electron chi connectivity index (χ3n) is 4.18. The average Bonchev–Trinajstić information content (AvgIpc) is 2.90. The standard InChI is InChI=1S/C19H18ClN3O3S/c1-19(17(25)22-18(26)23-19)13-3-2-4-15(9-13)21-16(24)11-27-10-12-5-7-14(20)8-6-12/h2-9H,10-11H2,1H3,(H,21,24)(H2,22,23,25,26). The first kappa shape index (κ1) is 19.3. The van der Waals surface area contributed by atoms with E-state index in [9.17, 15) is 14.4 Å². The average molecular weight is 404 g/mol. The molecule has 2 aromatic carbocycles. The van der Waals surface area contributed by atoms with Crippen molar-refractivity contribution in [2.75, 3.05) is 11.1 Å². The molecule has 3 N–H and O–H groups in total. The third-order valence-corrected chi connectivity index (χ3v) is 5.44. The van der Waals surface area contributed by atoms with Crippen LogP contribution in [0.25, 0.3) is 0 Å². The van der Waals surface area contributed by atoms with Gasteiger partial charge in [-0.3, -0.25) is 14.9 Å². The van der Waals surface area contributed by atoms with Crippen LogP contribution in [0.2, 0.25) is 5.02 Å². The normalized spacial score (nSPS) is 18.7. The van der Waals surface area contributed by atoms with Gasteiger partial charge in [0, 0.05) is 16.5 Å². The summed E-state index contributed by atoms with van der Waals surface area (Å²) in [6, 6.07) is 13.9. The zero-order valence-corrected chi connectivity index (χ0v) is 16.1. The van der Waals surface area contributed by atoms with Gasteiger partial charge in [-0.25, -0.2) is 4.79 Å². The number of amides is 4. The molecule has 1 heterocycles. The number of hydrogen-bond acceptors (Lipinski definition) is 4. The number of carbonyl (C=O) groups is 3. The minimum absolute atomic E-state index is 0.142. The Labute approximate surface area is 166 Å². The predicted octanol–water partition coefficient (Wildman–Crippen LogP) is 3.27. The molecule has 1 aliphatic heterocycles. The third kappa shape index (κ3) is 4.61. The molecule has 1 saturated heterocycles. The van der Waals surface area contributed by atoms with Gasteiger partial charge in [0.25, 0.3) is 5.91 Å². The van der Waals surface area contributed by atoms with E-state index in [2.05, 4.69) is 16.0 Å². The first-order valence-corrected chi connectivity index (χ1v) is 9.76. The van der Waals surface area contributed by atoms with Crippen molar-refractivity contribution in [3.8, 4) is 0 Å². The second-order valence-corrected chi connectivity index (χ2v) is 7.70. The minimum atomic E-state index is -1.15. The molecule has 0 aliphatic carbocycles. The van der Waals surface area contributed by atoms with Crippen LogP contribution in [0.3, 0.4) is 0 Å². The monoisotopic (exact) mass is 403 g/mol. The number of urea groups is 1. The number of nitrogens with one attached hydrogen (secondary N) is 3. The summed E-state index contributed by atoms with van der Waals surface area (Å²) in [5.41, 5.74) is 1.11.